The fraction of sp³-hybridized carbons (Fsp3) is 0.667. The first-order valence-corrected chi connectivity index (χ1v) is 1.88. The van der Waals surface area contributed by atoms with Crippen molar-refractivity contribution in [3.8, 4) is 0 Å². The predicted molar refractivity (Wildman–Crippen MR) is 22.9 cm³/mol. The molecule has 0 N–H and O–H groups in total. The smallest absolute Gasteiger partial charge is 0.867 e. The number of rotatable bonds is 1. The second-order valence-electron chi connectivity index (χ2n) is 0.726. The Morgan fingerprint density at radius 2 is 2.00 bits per heavy atom. The molecular weight excluding hydrogens is 107 g/mol. The van der Waals surface area contributed by atoms with E-state index in [0.29, 0.717) is 6.42 Å². The normalized spacial score (nSPS) is 6.17. The molecule has 0 bridgehead atoms. The molecule has 30 valence electrons. The molecule has 3 heteroatoms. The number of thiocarbonyl (C=S) groups is 1. The van der Waals surface area contributed by atoms with E-state index >= 15 is 0 Å². The third-order valence-corrected chi connectivity index (χ3v) is 0.577. The monoisotopic (exact) mass is 112 g/mol. The molecule has 0 fully saturated rings. The maximum Gasteiger partial charge on any atom is 1.00 e. The minimum absolute atomic E-state index is 0. The van der Waals surface area contributed by atoms with Gasteiger partial charge in [0, 0.05) is 0 Å². The number of hydrogen-bond acceptors (Lipinski definition) is 2. The predicted octanol–water partition coefficient (Wildman–Crippen LogP) is -2.91. The van der Waals surface area contributed by atoms with Crippen LogP contribution >= 0.6 is 12.2 Å². The van der Waals surface area contributed by atoms with Crippen LogP contribution in [0, 0.1) is 0 Å². The first-order valence-electron chi connectivity index (χ1n) is 1.47. The van der Waals surface area contributed by atoms with Crippen LogP contribution in [0.2, 0.25) is 0 Å². The van der Waals surface area contributed by atoms with Crippen LogP contribution in [0.1, 0.15) is 13.3 Å². The Morgan fingerprint density at radius 1 is 1.83 bits per heavy atom. The molecule has 0 amide bonds. The summed E-state index contributed by atoms with van der Waals surface area (Å²) in [5.74, 6) is 0. The molecule has 0 aliphatic rings. The largest absolute Gasteiger partial charge is 1.00 e. The zero-order valence-electron chi connectivity index (χ0n) is 4.02. The van der Waals surface area contributed by atoms with Gasteiger partial charge in [-0.2, -0.15) is 0 Å². The Kier molecular flexibility index (Phi) is 9.81. The molecule has 0 atom stereocenters. The molecule has 0 aliphatic heterocycles. The standard InChI is InChI=1S/C3H6OS.Na/c1-2-3(4)5;/h2H2,1H3,(H,4,5);/q;+1/p-1. The third kappa shape index (κ3) is 8.86. The summed E-state index contributed by atoms with van der Waals surface area (Å²) in [5.41, 5.74) is 0. The van der Waals surface area contributed by atoms with Crippen molar-refractivity contribution in [2.24, 2.45) is 0 Å². The van der Waals surface area contributed by atoms with Crippen LogP contribution in [0.5, 0.6) is 0 Å². The van der Waals surface area contributed by atoms with Gasteiger partial charge in [0.2, 0.25) is 0 Å². The van der Waals surface area contributed by atoms with Gasteiger partial charge >= 0.3 is 29.6 Å². The minimum atomic E-state index is -0.162. The molecule has 0 radical (unpaired) electrons. The third-order valence-electron chi connectivity index (χ3n) is 0.289. The second kappa shape index (κ2) is 5.89. The summed E-state index contributed by atoms with van der Waals surface area (Å²) in [6, 6.07) is 0. The van der Waals surface area contributed by atoms with Gasteiger partial charge in [-0.3, -0.25) is 0 Å². The summed E-state index contributed by atoms with van der Waals surface area (Å²) in [5, 5.41) is 9.47. The Hall–Kier alpha value is 0.890. The topological polar surface area (TPSA) is 23.1 Å². The summed E-state index contributed by atoms with van der Waals surface area (Å²) in [7, 11) is 0. The maximum absolute atomic E-state index is 9.63. The van der Waals surface area contributed by atoms with E-state index in [0.717, 1.165) is 0 Å². The van der Waals surface area contributed by atoms with Crippen LogP contribution in [-0.4, -0.2) is 5.05 Å². The summed E-state index contributed by atoms with van der Waals surface area (Å²) in [6.45, 7) is 1.75. The summed E-state index contributed by atoms with van der Waals surface area (Å²) >= 11 is 4.14. The molecule has 0 aromatic rings. The van der Waals surface area contributed by atoms with E-state index in [2.05, 4.69) is 12.2 Å². The maximum atomic E-state index is 9.63. The van der Waals surface area contributed by atoms with Crippen LogP contribution in [0.4, 0.5) is 0 Å². The minimum Gasteiger partial charge on any atom is -0.867 e. The van der Waals surface area contributed by atoms with Gasteiger partial charge < -0.3 is 5.11 Å². The van der Waals surface area contributed by atoms with E-state index in [-0.39, 0.29) is 34.6 Å². The van der Waals surface area contributed by atoms with Crippen molar-refractivity contribution in [3.05, 3.63) is 0 Å². The van der Waals surface area contributed by atoms with Crippen molar-refractivity contribution in [1.29, 1.82) is 0 Å². The molecule has 1 nitrogen and oxygen atoms in total. The first kappa shape index (κ1) is 10.00. The first-order chi connectivity index (χ1) is 2.27. The summed E-state index contributed by atoms with van der Waals surface area (Å²) < 4.78 is 0. The second-order valence-corrected chi connectivity index (χ2v) is 1.18. The Bertz CT molecular complexity index is 46.1. The summed E-state index contributed by atoms with van der Waals surface area (Å²) in [4.78, 5) is 0. The van der Waals surface area contributed by atoms with Crippen LogP contribution in [0.3, 0.4) is 0 Å². The van der Waals surface area contributed by atoms with E-state index in [4.69, 9.17) is 0 Å². The molecule has 0 aliphatic carbocycles. The fourth-order valence-corrected chi connectivity index (χ4v) is 0. The van der Waals surface area contributed by atoms with Gasteiger partial charge in [0.05, 0.1) is 0 Å². The fourth-order valence-electron chi connectivity index (χ4n) is 0. The van der Waals surface area contributed by atoms with Crippen molar-refractivity contribution in [1.82, 2.24) is 0 Å². The average Bonchev–Trinajstić information content (AvgIpc) is 1.38. The van der Waals surface area contributed by atoms with Gasteiger partial charge in [-0.15, -0.1) is 12.2 Å². The van der Waals surface area contributed by atoms with Gasteiger partial charge in [0.15, 0.2) is 0 Å². The van der Waals surface area contributed by atoms with Gasteiger partial charge in [-0.1, -0.05) is 12.0 Å². The van der Waals surface area contributed by atoms with E-state index < -0.39 is 0 Å². The molecule has 0 aromatic heterocycles. The van der Waals surface area contributed by atoms with Crippen molar-refractivity contribution >= 4 is 17.3 Å². The Labute approximate surface area is 65.0 Å². The van der Waals surface area contributed by atoms with Gasteiger partial charge in [0.1, 0.15) is 0 Å². The molecule has 0 rings (SSSR count). The molecule has 6 heavy (non-hydrogen) atoms. The molecule has 0 aromatic carbocycles. The van der Waals surface area contributed by atoms with Crippen molar-refractivity contribution in [2.75, 3.05) is 0 Å². The van der Waals surface area contributed by atoms with E-state index in [1.165, 1.54) is 0 Å². The molecule has 0 saturated heterocycles. The quantitative estimate of drug-likeness (QED) is 0.268. The SMILES string of the molecule is CCC([O-])=S.[Na+]. The van der Waals surface area contributed by atoms with E-state index in [1.807, 2.05) is 0 Å². The van der Waals surface area contributed by atoms with Crippen LogP contribution < -0.4 is 34.7 Å². The van der Waals surface area contributed by atoms with Gasteiger partial charge in [0.25, 0.3) is 0 Å². The molecular formula is C3H5NaOS. The number of hydrogen-bond donors (Lipinski definition) is 0. The van der Waals surface area contributed by atoms with Crippen molar-refractivity contribution < 1.29 is 34.7 Å². The average molecular weight is 112 g/mol. The van der Waals surface area contributed by atoms with E-state index in [9.17, 15) is 5.11 Å². The van der Waals surface area contributed by atoms with Crippen LogP contribution in [0.25, 0.3) is 0 Å². The van der Waals surface area contributed by atoms with Crippen LogP contribution in [-0.2, 0) is 0 Å². The molecule has 0 heterocycles. The molecule has 0 spiro atoms. The molecule has 0 unspecified atom stereocenters. The van der Waals surface area contributed by atoms with Crippen LogP contribution in [0.15, 0.2) is 0 Å². The van der Waals surface area contributed by atoms with Crippen molar-refractivity contribution in [3.63, 3.8) is 0 Å². The Morgan fingerprint density at radius 3 is 2.00 bits per heavy atom. The summed E-state index contributed by atoms with van der Waals surface area (Å²) in [6.07, 6.45) is 0.481. The molecule has 0 saturated carbocycles. The van der Waals surface area contributed by atoms with Gasteiger partial charge in [-0.25, -0.2) is 0 Å². The Balaban J connectivity index is 0. The zero-order valence-corrected chi connectivity index (χ0v) is 6.84. The van der Waals surface area contributed by atoms with Crippen molar-refractivity contribution in [2.45, 2.75) is 13.3 Å². The van der Waals surface area contributed by atoms with E-state index in [1.54, 1.807) is 6.92 Å². The van der Waals surface area contributed by atoms with Gasteiger partial charge in [-0.05, 0) is 6.42 Å². The zero-order chi connectivity index (χ0) is 4.28.